The van der Waals surface area contributed by atoms with E-state index in [0.717, 1.165) is 28.5 Å². The molecule has 0 spiro atoms. The van der Waals surface area contributed by atoms with Crippen molar-refractivity contribution in [3.8, 4) is 17.0 Å². The number of hydrogen-bond acceptors (Lipinski definition) is 3. The van der Waals surface area contributed by atoms with Crippen molar-refractivity contribution in [1.82, 2.24) is 9.97 Å². The van der Waals surface area contributed by atoms with Crippen molar-refractivity contribution in [3.05, 3.63) is 35.8 Å². The zero-order chi connectivity index (χ0) is 14.3. The van der Waals surface area contributed by atoms with E-state index in [1.807, 2.05) is 31.2 Å². The van der Waals surface area contributed by atoms with Crippen LogP contribution in [0.2, 0.25) is 0 Å². The van der Waals surface area contributed by atoms with Gasteiger partial charge in [0.2, 0.25) is 0 Å². The maximum Gasteiger partial charge on any atom is 0.127 e. The fraction of sp³-hybridized carbons (Fsp3) is 0.438. The number of rotatable bonds is 4. The van der Waals surface area contributed by atoms with Crippen LogP contribution >= 0.6 is 0 Å². The Balaban J connectivity index is 1.95. The lowest BCUT2D eigenvalue weighted by Gasteiger charge is -2.21. The molecule has 0 amide bonds. The molecule has 106 valence electrons. The number of nitrogens with one attached hydrogen (secondary N) is 1. The normalized spacial score (nSPS) is 17.8. The summed E-state index contributed by atoms with van der Waals surface area (Å²) in [5, 5.41) is 0. The van der Waals surface area contributed by atoms with Crippen molar-refractivity contribution < 1.29 is 4.74 Å². The highest BCUT2D eigenvalue weighted by atomic mass is 16.5. The lowest BCUT2D eigenvalue weighted by atomic mass is 9.97. The molecule has 1 saturated carbocycles. The van der Waals surface area contributed by atoms with Crippen LogP contribution in [0, 0.1) is 12.8 Å². The summed E-state index contributed by atoms with van der Waals surface area (Å²) in [6, 6.07) is 7.95. The maximum absolute atomic E-state index is 6.44. The Morgan fingerprint density at radius 3 is 2.50 bits per heavy atom. The van der Waals surface area contributed by atoms with Crippen LogP contribution in [-0.4, -0.2) is 17.1 Å². The molecule has 1 fully saturated rings. The largest absolute Gasteiger partial charge is 0.497 e. The van der Waals surface area contributed by atoms with Gasteiger partial charge in [0, 0.05) is 11.3 Å². The van der Waals surface area contributed by atoms with Gasteiger partial charge in [0.1, 0.15) is 11.6 Å². The minimum atomic E-state index is -0.352. The fourth-order valence-corrected chi connectivity index (χ4v) is 2.62. The molecule has 1 unspecified atom stereocenters. The van der Waals surface area contributed by atoms with Gasteiger partial charge in [0.25, 0.3) is 0 Å². The van der Waals surface area contributed by atoms with Gasteiger partial charge < -0.3 is 15.5 Å². The molecule has 1 atom stereocenters. The first-order valence-corrected chi connectivity index (χ1v) is 7.02. The molecule has 20 heavy (non-hydrogen) atoms. The number of benzene rings is 1. The second-order valence-corrected chi connectivity index (χ2v) is 5.84. The minimum Gasteiger partial charge on any atom is -0.497 e. The second-order valence-electron chi connectivity index (χ2n) is 5.84. The smallest absolute Gasteiger partial charge is 0.127 e. The van der Waals surface area contributed by atoms with Crippen molar-refractivity contribution in [3.63, 3.8) is 0 Å². The molecule has 0 saturated heterocycles. The molecule has 1 aliphatic rings. The van der Waals surface area contributed by atoms with E-state index in [4.69, 9.17) is 15.5 Å². The number of aryl methyl sites for hydroxylation is 1. The van der Waals surface area contributed by atoms with E-state index < -0.39 is 0 Å². The van der Waals surface area contributed by atoms with E-state index >= 15 is 0 Å². The molecule has 0 radical (unpaired) electrons. The lowest BCUT2D eigenvalue weighted by Crippen LogP contribution is -2.36. The van der Waals surface area contributed by atoms with E-state index in [9.17, 15) is 0 Å². The molecular formula is C16H21N3O. The first-order chi connectivity index (χ1) is 9.52. The summed E-state index contributed by atoms with van der Waals surface area (Å²) in [4.78, 5) is 8.11. The van der Waals surface area contributed by atoms with Crippen molar-refractivity contribution in [2.45, 2.75) is 32.2 Å². The van der Waals surface area contributed by atoms with E-state index in [-0.39, 0.29) is 5.54 Å². The molecule has 3 N–H and O–H groups in total. The quantitative estimate of drug-likeness (QED) is 0.898. The third-order valence-corrected chi connectivity index (χ3v) is 4.18. The van der Waals surface area contributed by atoms with Gasteiger partial charge in [-0.25, -0.2) is 4.98 Å². The predicted octanol–water partition coefficient (Wildman–Crippen LogP) is 2.98. The van der Waals surface area contributed by atoms with Crippen LogP contribution < -0.4 is 10.5 Å². The number of imidazole rings is 1. The van der Waals surface area contributed by atoms with Gasteiger partial charge in [-0.2, -0.15) is 0 Å². The predicted molar refractivity (Wildman–Crippen MR) is 79.6 cm³/mol. The van der Waals surface area contributed by atoms with Gasteiger partial charge in [-0.05, 0) is 56.9 Å². The Hall–Kier alpha value is -1.81. The minimum absolute atomic E-state index is 0.352. The zero-order valence-electron chi connectivity index (χ0n) is 12.2. The number of H-pyrrole nitrogens is 1. The van der Waals surface area contributed by atoms with Gasteiger partial charge in [0.05, 0.1) is 18.3 Å². The first kappa shape index (κ1) is 13.2. The van der Waals surface area contributed by atoms with E-state index in [2.05, 4.69) is 11.9 Å². The van der Waals surface area contributed by atoms with E-state index in [1.54, 1.807) is 7.11 Å². The third-order valence-electron chi connectivity index (χ3n) is 4.18. The molecule has 2 aromatic rings. The molecule has 1 aromatic heterocycles. The van der Waals surface area contributed by atoms with Crippen molar-refractivity contribution in [2.24, 2.45) is 11.7 Å². The molecule has 0 bridgehead atoms. The van der Waals surface area contributed by atoms with Crippen LogP contribution in [0.25, 0.3) is 11.3 Å². The first-order valence-electron chi connectivity index (χ1n) is 7.02. The van der Waals surface area contributed by atoms with Crippen LogP contribution in [0.4, 0.5) is 0 Å². The van der Waals surface area contributed by atoms with Gasteiger partial charge in [-0.1, -0.05) is 0 Å². The summed E-state index contributed by atoms with van der Waals surface area (Å²) in [5.41, 5.74) is 9.19. The number of hydrogen-bond donors (Lipinski definition) is 2. The van der Waals surface area contributed by atoms with Crippen LogP contribution in [0.1, 0.15) is 31.3 Å². The lowest BCUT2D eigenvalue weighted by molar-refractivity contribution is 0.404. The highest BCUT2D eigenvalue weighted by molar-refractivity contribution is 5.63. The summed E-state index contributed by atoms with van der Waals surface area (Å²) >= 11 is 0. The Kier molecular flexibility index (Phi) is 3.05. The van der Waals surface area contributed by atoms with Crippen molar-refractivity contribution in [2.75, 3.05) is 7.11 Å². The van der Waals surface area contributed by atoms with Gasteiger partial charge in [-0.3, -0.25) is 0 Å². The molecule has 1 aliphatic carbocycles. The number of nitrogens with zero attached hydrogens (tertiary/aromatic N) is 1. The SMILES string of the molecule is COc1ccc(-c2nc(C(C)(N)C3CC3)[nH]c2C)cc1. The molecular weight excluding hydrogens is 250 g/mol. The highest BCUT2D eigenvalue weighted by Gasteiger charge is 2.42. The highest BCUT2D eigenvalue weighted by Crippen LogP contribution is 2.43. The third kappa shape index (κ3) is 2.20. The summed E-state index contributed by atoms with van der Waals surface area (Å²) in [7, 11) is 1.67. The van der Waals surface area contributed by atoms with Crippen molar-refractivity contribution >= 4 is 0 Å². The Labute approximate surface area is 119 Å². The zero-order valence-corrected chi connectivity index (χ0v) is 12.2. The topological polar surface area (TPSA) is 63.9 Å². The molecule has 4 nitrogen and oxygen atoms in total. The average Bonchev–Trinajstić information content (AvgIpc) is 3.23. The van der Waals surface area contributed by atoms with E-state index in [0.29, 0.717) is 5.92 Å². The number of nitrogens with two attached hydrogens (primary N) is 1. The standard InChI is InChI=1S/C16H21N3O/c1-10-14(11-4-8-13(20-3)9-5-11)19-15(18-10)16(2,17)12-6-7-12/h4-5,8-9,12H,6-7,17H2,1-3H3,(H,18,19). The molecule has 0 aliphatic heterocycles. The van der Waals surface area contributed by atoms with Crippen LogP contribution in [0.15, 0.2) is 24.3 Å². The van der Waals surface area contributed by atoms with E-state index in [1.165, 1.54) is 12.8 Å². The molecule has 4 heteroatoms. The van der Waals surface area contributed by atoms with Crippen LogP contribution in [0.5, 0.6) is 5.75 Å². The van der Waals surface area contributed by atoms with Crippen LogP contribution in [-0.2, 0) is 5.54 Å². The average molecular weight is 271 g/mol. The monoisotopic (exact) mass is 271 g/mol. The number of aromatic amines is 1. The number of ether oxygens (including phenoxy) is 1. The second kappa shape index (κ2) is 4.63. The molecule has 1 heterocycles. The summed E-state index contributed by atoms with van der Waals surface area (Å²) in [6.07, 6.45) is 2.40. The Morgan fingerprint density at radius 1 is 1.30 bits per heavy atom. The number of aromatic nitrogens is 2. The van der Waals surface area contributed by atoms with Gasteiger partial charge in [0.15, 0.2) is 0 Å². The van der Waals surface area contributed by atoms with Crippen molar-refractivity contribution in [1.29, 1.82) is 0 Å². The Morgan fingerprint density at radius 2 is 1.95 bits per heavy atom. The molecule has 1 aromatic carbocycles. The summed E-state index contributed by atoms with van der Waals surface area (Å²) < 4.78 is 5.19. The Bertz CT molecular complexity index is 609. The van der Waals surface area contributed by atoms with Gasteiger partial charge >= 0.3 is 0 Å². The van der Waals surface area contributed by atoms with Crippen LogP contribution in [0.3, 0.4) is 0 Å². The molecule has 3 rings (SSSR count). The number of methoxy groups -OCH3 is 1. The van der Waals surface area contributed by atoms with Gasteiger partial charge in [-0.15, -0.1) is 0 Å². The summed E-state index contributed by atoms with van der Waals surface area (Å²) in [6.45, 7) is 4.11. The maximum atomic E-state index is 6.44. The fourth-order valence-electron chi connectivity index (χ4n) is 2.62. The summed E-state index contributed by atoms with van der Waals surface area (Å²) in [5.74, 6) is 2.30.